The van der Waals surface area contributed by atoms with Crippen LogP contribution in [0.3, 0.4) is 0 Å². The van der Waals surface area contributed by atoms with Crippen molar-refractivity contribution in [2.45, 2.75) is 19.5 Å². The smallest absolute Gasteiger partial charge is 0.0582 e. The van der Waals surface area contributed by atoms with Crippen LogP contribution in [0.25, 0.3) is 0 Å². The van der Waals surface area contributed by atoms with E-state index in [2.05, 4.69) is 10.4 Å². The summed E-state index contributed by atoms with van der Waals surface area (Å²) in [6, 6.07) is 0.144. The molecule has 0 spiro atoms. The van der Waals surface area contributed by atoms with E-state index in [-0.39, 0.29) is 12.6 Å². The van der Waals surface area contributed by atoms with Gasteiger partial charge in [-0.3, -0.25) is 4.68 Å². The fourth-order valence-electron chi connectivity index (χ4n) is 0.920. The maximum atomic E-state index is 8.73. The van der Waals surface area contributed by atoms with Crippen LogP contribution in [0.1, 0.15) is 12.5 Å². The number of hydrogen-bond acceptors (Lipinski definition) is 3. The first-order chi connectivity index (χ1) is 5.72. The molecular weight excluding hydrogens is 154 g/mol. The van der Waals surface area contributed by atoms with Crippen LogP contribution in [0.5, 0.6) is 0 Å². The highest BCUT2D eigenvalue weighted by atomic mass is 16.3. The van der Waals surface area contributed by atoms with Gasteiger partial charge in [-0.15, -0.1) is 0 Å². The van der Waals surface area contributed by atoms with Crippen molar-refractivity contribution in [3.05, 3.63) is 18.0 Å². The van der Waals surface area contributed by atoms with Crippen molar-refractivity contribution >= 4 is 0 Å². The standard InChI is InChI=1S/C8H15N3O/c1-7(6-12)9-3-8-4-10-11(2)5-8/h4-5,7,9,12H,3,6H2,1-2H3. The zero-order valence-electron chi connectivity index (χ0n) is 7.49. The lowest BCUT2D eigenvalue weighted by atomic mass is 10.3. The van der Waals surface area contributed by atoms with Crippen LogP contribution in [-0.4, -0.2) is 27.5 Å². The average Bonchev–Trinajstić information content (AvgIpc) is 2.47. The number of rotatable bonds is 4. The van der Waals surface area contributed by atoms with E-state index >= 15 is 0 Å². The molecule has 0 radical (unpaired) electrons. The Morgan fingerprint density at radius 3 is 3.00 bits per heavy atom. The summed E-state index contributed by atoms with van der Waals surface area (Å²) in [5, 5.41) is 15.9. The lowest BCUT2D eigenvalue weighted by Gasteiger charge is -2.08. The highest BCUT2D eigenvalue weighted by molar-refractivity contribution is 5.02. The topological polar surface area (TPSA) is 50.1 Å². The fourth-order valence-corrected chi connectivity index (χ4v) is 0.920. The summed E-state index contributed by atoms with van der Waals surface area (Å²) in [7, 11) is 1.89. The quantitative estimate of drug-likeness (QED) is 0.661. The van der Waals surface area contributed by atoms with E-state index in [0.717, 1.165) is 12.1 Å². The molecule has 1 aromatic heterocycles. The van der Waals surface area contributed by atoms with Crippen molar-refractivity contribution in [2.24, 2.45) is 7.05 Å². The van der Waals surface area contributed by atoms with Crippen LogP contribution < -0.4 is 5.32 Å². The molecule has 0 aliphatic carbocycles. The molecule has 0 aliphatic heterocycles. The molecular formula is C8H15N3O. The summed E-state index contributed by atoms with van der Waals surface area (Å²) < 4.78 is 1.76. The lowest BCUT2D eigenvalue weighted by molar-refractivity contribution is 0.251. The maximum absolute atomic E-state index is 8.73. The van der Waals surface area contributed by atoms with E-state index in [9.17, 15) is 0 Å². The number of nitrogens with one attached hydrogen (secondary N) is 1. The predicted octanol–water partition coefficient (Wildman–Crippen LogP) is -0.110. The van der Waals surface area contributed by atoms with E-state index in [1.807, 2.05) is 26.4 Å². The molecule has 1 rings (SSSR count). The normalized spacial score (nSPS) is 13.2. The Balaban J connectivity index is 2.33. The second-order valence-corrected chi connectivity index (χ2v) is 2.99. The molecule has 4 nitrogen and oxygen atoms in total. The van der Waals surface area contributed by atoms with E-state index in [0.29, 0.717) is 0 Å². The molecule has 2 N–H and O–H groups in total. The molecule has 1 atom stereocenters. The average molecular weight is 169 g/mol. The van der Waals surface area contributed by atoms with Crippen molar-refractivity contribution in [3.63, 3.8) is 0 Å². The van der Waals surface area contributed by atoms with Crippen LogP contribution >= 0.6 is 0 Å². The van der Waals surface area contributed by atoms with E-state index in [1.165, 1.54) is 0 Å². The Morgan fingerprint density at radius 2 is 2.50 bits per heavy atom. The van der Waals surface area contributed by atoms with Gasteiger partial charge in [-0.1, -0.05) is 0 Å². The molecule has 0 fully saturated rings. The molecule has 0 saturated heterocycles. The van der Waals surface area contributed by atoms with Gasteiger partial charge in [0.15, 0.2) is 0 Å². The second kappa shape index (κ2) is 4.23. The largest absolute Gasteiger partial charge is 0.395 e. The predicted molar refractivity (Wildman–Crippen MR) is 46.6 cm³/mol. The SMILES string of the molecule is CC(CO)NCc1cnn(C)c1. The summed E-state index contributed by atoms with van der Waals surface area (Å²) in [6.07, 6.45) is 3.77. The van der Waals surface area contributed by atoms with Crippen molar-refractivity contribution in [3.8, 4) is 0 Å². The third-order valence-electron chi connectivity index (χ3n) is 1.69. The van der Waals surface area contributed by atoms with Gasteiger partial charge in [0.2, 0.25) is 0 Å². The molecule has 4 heteroatoms. The molecule has 1 unspecified atom stereocenters. The van der Waals surface area contributed by atoms with Crippen LogP contribution in [0.2, 0.25) is 0 Å². The first-order valence-electron chi connectivity index (χ1n) is 4.04. The summed E-state index contributed by atoms with van der Waals surface area (Å²) in [5.41, 5.74) is 1.14. The number of aliphatic hydroxyl groups is 1. The molecule has 0 bridgehead atoms. The Hall–Kier alpha value is -0.870. The van der Waals surface area contributed by atoms with Gasteiger partial charge in [0, 0.05) is 31.4 Å². The molecule has 0 aromatic carbocycles. The van der Waals surface area contributed by atoms with Crippen LogP contribution in [-0.2, 0) is 13.6 Å². The number of aliphatic hydroxyl groups excluding tert-OH is 1. The minimum atomic E-state index is 0.144. The van der Waals surface area contributed by atoms with Crippen molar-refractivity contribution < 1.29 is 5.11 Å². The number of aryl methyl sites for hydroxylation is 1. The highest BCUT2D eigenvalue weighted by Gasteiger charge is 1.99. The number of aromatic nitrogens is 2. The van der Waals surface area contributed by atoms with Gasteiger partial charge < -0.3 is 10.4 Å². The Kier molecular flexibility index (Phi) is 3.25. The fraction of sp³-hybridized carbons (Fsp3) is 0.625. The zero-order valence-corrected chi connectivity index (χ0v) is 7.49. The Morgan fingerprint density at radius 1 is 1.75 bits per heavy atom. The minimum absolute atomic E-state index is 0.144. The molecule has 0 aliphatic rings. The molecule has 68 valence electrons. The summed E-state index contributed by atoms with van der Waals surface area (Å²) in [6.45, 7) is 2.87. The third-order valence-corrected chi connectivity index (χ3v) is 1.69. The van der Waals surface area contributed by atoms with Gasteiger partial charge in [-0.05, 0) is 6.92 Å². The van der Waals surface area contributed by atoms with Crippen LogP contribution in [0, 0.1) is 0 Å². The molecule has 1 aromatic rings. The van der Waals surface area contributed by atoms with Crippen LogP contribution in [0.4, 0.5) is 0 Å². The van der Waals surface area contributed by atoms with E-state index in [4.69, 9.17) is 5.11 Å². The lowest BCUT2D eigenvalue weighted by Crippen LogP contribution is -2.28. The zero-order chi connectivity index (χ0) is 8.97. The van der Waals surface area contributed by atoms with E-state index < -0.39 is 0 Å². The van der Waals surface area contributed by atoms with Crippen molar-refractivity contribution in [1.29, 1.82) is 0 Å². The maximum Gasteiger partial charge on any atom is 0.0582 e. The second-order valence-electron chi connectivity index (χ2n) is 2.99. The number of nitrogens with zero attached hydrogens (tertiary/aromatic N) is 2. The Bertz CT molecular complexity index is 234. The first kappa shape index (κ1) is 9.22. The Labute approximate surface area is 72.2 Å². The first-order valence-corrected chi connectivity index (χ1v) is 4.04. The monoisotopic (exact) mass is 169 g/mol. The van der Waals surface area contributed by atoms with Gasteiger partial charge >= 0.3 is 0 Å². The van der Waals surface area contributed by atoms with Gasteiger partial charge in [0.1, 0.15) is 0 Å². The summed E-state index contributed by atoms with van der Waals surface area (Å²) in [4.78, 5) is 0. The van der Waals surface area contributed by atoms with E-state index in [1.54, 1.807) is 4.68 Å². The molecule has 0 saturated carbocycles. The molecule has 0 amide bonds. The highest BCUT2D eigenvalue weighted by Crippen LogP contribution is 1.95. The minimum Gasteiger partial charge on any atom is -0.395 e. The van der Waals surface area contributed by atoms with Gasteiger partial charge in [0.05, 0.1) is 12.8 Å². The van der Waals surface area contributed by atoms with Crippen LogP contribution in [0.15, 0.2) is 12.4 Å². The van der Waals surface area contributed by atoms with Crippen molar-refractivity contribution in [1.82, 2.24) is 15.1 Å². The van der Waals surface area contributed by atoms with Gasteiger partial charge in [-0.2, -0.15) is 5.10 Å². The molecule has 1 heterocycles. The van der Waals surface area contributed by atoms with Gasteiger partial charge in [-0.25, -0.2) is 0 Å². The van der Waals surface area contributed by atoms with Crippen molar-refractivity contribution in [2.75, 3.05) is 6.61 Å². The van der Waals surface area contributed by atoms with Gasteiger partial charge in [0.25, 0.3) is 0 Å². The number of hydrogen-bond donors (Lipinski definition) is 2. The summed E-state index contributed by atoms with van der Waals surface area (Å²) >= 11 is 0. The third kappa shape index (κ3) is 2.64. The molecule has 12 heavy (non-hydrogen) atoms. The summed E-state index contributed by atoms with van der Waals surface area (Å²) in [5.74, 6) is 0.